The van der Waals surface area contributed by atoms with Gasteiger partial charge in [0, 0.05) is 34.0 Å². The average molecular weight is 521 g/mol. The van der Waals surface area contributed by atoms with Crippen LogP contribution in [0.2, 0.25) is 5.02 Å². The van der Waals surface area contributed by atoms with Crippen molar-refractivity contribution < 1.29 is 14.3 Å². The molecule has 7 heteroatoms. The zero-order valence-corrected chi connectivity index (χ0v) is 21.9. The lowest BCUT2D eigenvalue weighted by molar-refractivity contribution is -0.175. The SMILES string of the molecule is CC(C)C(C=C(Cl)Cl)C(Oc1ccc(Cl)cc1)(C(=O)OCc1ccnc2ccccc12)C(C)C. The summed E-state index contributed by atoms with van der Waals surface area (Å²) >= 11 is 18.2. The molecule has 1 heterocycles. The molecule has 4 nitrogen and oxygen atoms in total. The van der Waals surface area contributed by atoms with Gasteiger partial charge in [-0.05, 0) is 48.4 Å². The second-order valence-corrected chi connectivity index (χ2v) is 10.2. The van der Waals surface area contributed by atoms with Crippen molar-refractivity contribution >= 4 is 51.7 Å². The Balaban J connectivity index is 2.03. The number of carbonyl (C=O) groups excluding carboxylic acids is 1. The van der Waals surface area contributed by atoms with Gasteiger partial charge in [0.2, 0.25) is 5.60 Å². The highest BCUT2D eigenvalue weighted by Gasteiger charge is 2.53. The molecule has 180 valence electrons. The number of benzene rings is 2. The molecular formula is C27H28Cl3NO3. The van der Waals surface area contributed by atoms with Crippen molar-refractivity contribution in [3.8, 4) is 5.75 Å². The first-order valence-corrected chi connectivity index (χ1v) is 12.3. The summed E-state index contributed by atoms with van der Waals surface area (Å²) in [4.78, 5) is 18.3. The number of halogens is 3. The molecule has 2 unspecified atom stereocenters. The number of aromatic nitrogens is 1. The summed E-state index contributed by atoms with van der Waals surface area (Å²) in [7, 11) is 0. The Labute approximate surface area is 215 Å². The first kappa shape index (κ1) is 26.3. The fraction of sp³-hybridized carbons (Fsp3) is 0.333. The third kappa shape index (κ3) is 5.86. The molecule has 0 saturated heterocycles. The van der Waals surface area contributed by atoms with Crippen molar-refractivity contribution in [2.45, 2.75) is 39.9 Å². The predicted octanol–water partition coefficient (Wildman–Crippen LogP) is 8.00. The highest BCUT2D eigenvalue weighted by atomic mass is 35.5. The van der Waals surface area contributed by atoms with E-state index in [1.807, 2.05) is 58.0 Å². The van der Waals surface area contributed by atoms with E-state index < -0.39 is 17.5 Å². The van der Waals surface area contributed by atoms with Crippen LogP contribution < -0.4 is 4.74 Å². The number of ether oxygens (including phenoxy) is 2. The monoisotopic (exact) mass is 519 g/mol. The van der Waals surface area contributed by atoms with E-state index in [0.29, 0.717) is 10.8 Å². The summed E-state index contributed by atoms with van der Waals surface area (Å²) in [5.41, 5.74) is 0.301. The summed E-state index contributed by atoms with van der Waals surface area (Å²) in [6.07, 6.45) is 3.37. The number of pyridine rings is 1. The van der Waals surface area contributed by atoms with Gasteiger partial charge >= 0.3 is 5.97 Å². The topological polar surface area (TPSA) is 48.4 Å². The maximum atomic E-state index is 13.9. The van der Waals surface area contributed by atoms with E-state index >= 15 is 0 Å². The molecule has 34 heavy (non-hydrogen) atoms. The number of rotatable bonds is 9. The summed E-state index contributed by atoms with van der Waals surface area (Å²) in [5.74, 6) is -0.774. The van der Waals surface area contributed by atoms with Crippen LogP contribution in [0.4, 0.5) is 0 Å². The Morgan fingerprint density at radius 2 is 1.71 bits per heavy atom. The van der Waals surface area contributed by atoms with E-state index in [0.717, 1.165) is 16.5 Å². The largest absolute Gasteiger partial charge is 0.475 e. The predicted molar refractivity (Wildman–Crippen MR) is 139 cm³/mol. The van der Waals surface area contributed by atoms with E-state index in [2.05, 4.69) is 4.98 Å². The fourth-order valence-corrected chi connectivity index (χ4v) is 4.56. The molecule has 0 amide bonds. The Morgan fingerprint density at radius 1 is 1.03 bits per heavy atom. The quantitative estimate of drug-likeness (QED) is 0.268. The summed E-state index contributed by atoms with van der Waals surface area (Å²) in [6, 6.07) is 16.5. The van der Waals surface area contributed by atoms with Gasteiger partial charge in [-0.3, -0.25) is 4.98 Å². The molecule has 0 bridgehead atoms. The van der Waals surface area contributed by atoms with Crippen LogP contribution in [-0.4, -0.2) is 16.6 Å². The third-order valence-corrected chi connectivity index (χ3v) is 6.40. The van der Waals surface area contributed by atoms with Crippen LogP contribution in [0.15, 0.2) is 71.4 Å². The van der Waals surface area contributed by atoms with Crippen LogP contribution >= 0.6 is 34.8 Å². The summed E-state index contributed by atoms with van der Waals surface area (Å²) in [6.45, 7) is 7.89. The Kier molecular flexibility index (Phi) is 8.86. The molecular weight excluding hydrogens is 493 g/mol. The van der Waals surface area contributed by atoms with Crippen molar-refractivity contribution in [2.24, 2.45) is 17.8 Å². The van der Waals surface area contributed by atoms with Crippen molar-refractivity contribution in [1.82, 2.24) is 4.98 Å². The van der Waals surface area contributed by atoms with Crippen molar-refractivity contribution in [2.75, 3.05) is 0 Å². The Bertz CT molecular complexity index is 1150. The van der Waals surface area contributed by atoms with Crippen LogP contribution in [0.1, 0.15) is 33.3 Å². The van der Waals surface area contributed by atoms with Gasteiger partial charge < -0.3 is 9.47 Å². The van der Waals surface area contributed by atoms with Crippen molar-refractivity contribution in [3.05, 3.63) is 81.9 Å². The number of hydrogen-bond donors (Lipinski definition) is 0. The Hall–Kier alpha value is -2.27. The minimum absolute atomic E-state index is 0.0310. The lowest BCUT2D eigenvalue weighted by Crippen LogP contribution is -2.57. The lowest BCUT2D eigenvalue weighted by Gasteiger charge is -2.42. The first-order valence-electron chi connectivity index (χ1n) is 11.1. The van der Waals surface area contributed by atoms with E-state index in [4.69, 9.17) is 44.3 Å². The van der Waals surface area contributed by atoms with E-state index in [1.165, 1.54) is 0 Å². The molecule has 1 aromatic heterocycles. The summed E-state index contributed by atoms with van der Waals surface area (Å²) in [5, 5.41) is 1.49. The van der Waals surface area contributed by atoms with E-state index in [9.17, 15) is 4.79 Å². The van der Waals surface area contributed by atoms with Crippen LogP contribution in [-0.2, 0) is 16.1 Å². The number of hydrogen-bond acceptors (Lipinski definition) is 4. The van der Waals surface area contributed by atoms with Crippen LogP contribution in [0.25, 0.3) is 10.9 Å². The van der Waals surface area contributed by atoms with Crippen LogP contribution in [0.3, 0.4) is 0 Å². The van der Waals surface area contributed by atoms with Gasteiger partial charge in [-0.25, -0.2) is 4.79 Å². The summed E-state index contributed by atoms with van der Waals surface area (Å²) < 4.78 is 12.5. The maximum absolute atomic E-state index is 13.9. The second kappa shape index (κ2) is 11.4. The molecule has 3 aromatic rings. The third-order valence-electron chi connectivity index (χ3n) is 5.89. The molecule has 0 saturated carbocycles. The van der Waals surface area contributed by atoms with Crippen LogP contribution in [0, 0.1) is 17.8 Å². The standard InChI is InChI=1S/C27H28Cl3NO3/c1-17(2)23(15-25(29)30)27(18(3)4,34-21-11-9-20(28)10-12-21)26(32)33-16-19-13-14-31-24-8-6-5-7-22(19)24/h5-15,17-18,23H,16H2,1-4H3. The zero-order valence-electron chi connectivity index (χ0n) is 19.6. The van der Waals surface area contributed by atoms with Gasteiger partial charge in [-0.15, -0.1) is 0 Å². The molecule has 3 rings (SSSR count). The molecule has 0 aliphatic heterocycles. The van der Waals surface area contributed by atoms with Crippen molar-refractivity contribution in [1.29, 1.82) is 0 Å². The van der Waals surface area contributed by atoms with Gasteiger partial charge in [-0.2, -0.15) is 0 Å². The highest BCUT2D eigenvalue weighted by Crippen LogP contribution is 2.40. The lowest BCUT2D eigenvalue weighted by atomic mass is 9.72. The van der Waals surface area contributed by atoms with Gasteiger partial charge in [0.25, 0.3) is 0 Å². The maximum Gasteiger partial charge on any atom is 0.351 e. The number of para-hydroxylation sites is 1. The molecule has 0 radical (unpaired) electrons. The number of carbonyl (C=O) groups is 1. The average Bonchev–Trinajstić information content (AvgIpc) is 2.80. The fourth-order valence-electron chi connectivity index (χ4n) is 4.17. The highest BCUT2D eigenvalue weighted by molar-refractivity contribution is 6.55. The smallest absolute Gasteiger partial charge is 0.351 e. The number of fused-ring (bicyclic) bond motifs is 1. The van der Waals surface area contributed by atoms with E-state index in [-0.39, 0.29) is 22.9 Å². The number of nitrogens with zero attached hydrogens (tertiary/aromatic N) is 1. The van der Waals surface area contributed by atoms with Crippen molar-refractivity contribution in [3.63, 3.8) is 0 Å². The molecule has 0 fully saturated rings. The molecule has 0 aliphatic rings. The normalized spacial score (nSPS) is 14.0. The van der Waals surface area contributed by atoms with Gasteiger partial charge in [-0.1, -0.05) is 80.7 Å². The van der Waals surface area contributed by atoms with Crippen LogP contribution in [0.5, 0.6) is 5.75 Å². The molecule has 0 aliphatic carbocycles. The molecule has 0 spiro atoms. The minimum Gasteiger partial charge on any atom is -0.475 e. The minimum atomic E-state index is -1.39. The van der Waals surface area contributed by atoms with Gasteiger partial charge in [0.05, 0.1) is 5.52 Å². The van der Waals surface area contributed by atoms with E-state index in [1.54, 1.807) is 36.5 Å². The zero-order chi connectivity index (χ0) is 24.9. The first-order chi connectivity index (χ1) is 16.1. The molecule has 2 atom stereocenters. The molecule has 0 N–H and O–H groups in total. The van der Waals surface area contributed by atoms with Gasteiger partial charge in [0.15, 0.2) is 0 Å². The second-order valence-electron chi connectivity index (χ2n) is 8.79. The van der Waals surface area contributed by atoms with Gasteiger partial charge in [0.1, 0.15) is 16.8 Å². The Morgan fingerprint density at radius 3 is 2.32 bits per heavy atom. The molecule has 2 aromatic carbocycles. The number of esters is 1.